The topological polar surface area (TPSA) is 109 Å². The first-order valence-corrected chi connectivity index (χ1v) is 6.09. The lowest BCUT2D eigenvalue weighted by atomic mass is 10.1. The number of carbonyl (C=O) groups is 1. The quantitative estimate of drug-likeness (QED) is 0.141. The Morgan fingerprint density at radius 3 is 2.78 bits per heavy atom. The first-order chi connectivity index (χ1) is 8.63. The molecule has 0 aliphatic carbocycles. The van der Waals surface area contributed by atoms with Gasteiger partial charge in [0.05, 0.1) is 6.61 Å². The van der Waals surface area contributed by atoms with Crippen LogP contribution in [-0.4, -0.2) is 49.8 Å². The molecule has 0 fully saturated rings. The molecule has 1 unspecified atom stereocenters. The Bertz CT molecular complexity index is 259. The Hall–Kier alpha value is -1.34. The highest BCUT2D eigenvalue weighted by Gasteiger charge is 2.09. The van der Waals surface area contributed by atoms with Crippen molar-refractivity contribution < 1.29 is 14.7 Å². The van der Waals surface area contributed by atoms with Gasteiger partial charge in [0, 0.05) is 39.1 Å². The van der Waals surface area contributed by atoms with E-state index in [-0.39, 0.29) is 17.8 Å². The Balaban J connectivity index is 3.70. The Kier molecular flexibility index (Phi) is 9.99. The molecule has 0 aliphatic heterocycles. The van der Waals surface area contributed by atoms with Gasteiger partial charge in [-0.2, -0.15) is 0 Å². The summed E-state index contributed by atoms with van der Waals surface area (Å²) in [6.07, 6.45) is 1.72. The number of methoxy groups -OCH3 is 1. The van der Waals surface area contributed by atoms with Crippen molar-refractivity contribution in [1.82, 2.24) is 10.6 Å². The lowest BCUT2D eigenvalue weighted by Crippen LogP contribution is -2.36. The van der Waals surface area contributed by atoms with Gasteiger partial charge in [0.25, 0.3) is 0 Å². The molecule has 0 aromatic heterocycles. The number of hydrogen-bond donors (Lipinski definition) is 4. The number of ether oxygens (including phenoxy) is 1. The highest BCUT2D eigenvalue weighted by molar-refractivity contribution is 5.80. The van der Waals surface area contributed by atoms with Gasteiger partial charge in [-0.05, 0) is 6.42 Å². The van der Waals surface area contributed by atoms with Crippen LogP contribution in [0.4, 0.5) is 0 Å². The summed E-state index contributed by atoms with van der Waals surface area (Å²) in [7, 11) is 1.59. The molecule has 1 atom stereocenters. The Morgan fingerprint density at radius 2 is 2.22 bits per heavy atom. The van der Waals surface area contributed by atoms with Crippen LogP contribution in [-0.2, 0) is 9.53 Å². The van der Waals surface area contributed by atoms with Crippen molar-refractivity contribution >= 4 is 11.7 Å². The molecule has 18 heavy (non-hydrogen) atoms. The standard InChI is InChI=1S/C11H24N4O3/c1-3-9(8-10(12)15-17)13-5-4-11(16)14-6-7-18-2/h9,13,17H,3-8H2,1-2H3,(H2,12,15)(H,14,16). The molecule has 0 bridgehead atoms. The summed E-state index contributed by atoms with van der Waals surface area (Å²) >= 11 is 0. The molecule has 0 rings (SSSR count). The summed E-state index contributed by atoms with van der Waals surface area (Å²) in [4.78, 5) is 11.4. The number of carbonyl (C=O) groups excluding carboxylic acids is 1. The smallest absolute Gasteiger partial charge is 0.221 e. The summed E-state index contributed by atoms with van der Waals surface area (Å²) in [5.41, 5.74) is 5.43. The molecule has 0 aliphatic rings. The zero-order valence-electron chi connectivity index (χ0n) is 11.1. The van der Waals surface area contributed by atoms with Crippen molar-refractivity contribution in [1.29, 1.82) is 0 Å². The number of nitrogens with zero attached hydrogens (tertiary/aromatic N) is 1. The Morgan fingerprint density at radius 1 is 1.50 bits per heavy atom. The van der Waals surface area contributed by atoms with E-state index in [9.17, 15) is 4.79 Å². The first kappa shape index (κ1) is 16.7. The molecule has 1 amide bonds. The third-order valence-electron chi connectivity index (χ3n) is 2.49. The molecule has 7 nitrogen and oxygen atoms in total. The van der Waals surface area contributed by atoms with Crippen LogP contribution in [0.2, 0.25) is 0 Å². The second-order valence-electron chi connectivity index (χ2n) is 3.95. The van der Waals surface area contributed by atoms with Crippen LogP contribution in [0, 0.1) is 0 Å². The maximum absolute atomic E-state index is 11.4. The van der Waals surface area contributed by atoms with E-state index in [1.54, 1.807) is 7.11 Å². The van der Waals surface area contributed by atoms with E-state index in [0.717, 1.165) is 6.42 Å². The minimum Gasteiger partial charge on any atom is -0.409 e. The average Bonchev–Trinajstić information content (AvgIpc) is 2.37. The molecule has 7 heteroatoms. The lowest BCUT2D eigenvalue weighted by Gasteiger charge is -2.15. The maximum atomic E-state index is 11.4. The third kappa shape index (κ3) is 8.77. The zero-order chi connectivity index (χ0) is 13.8. The molecule has 106 valence electrons. The van der Waals surface area contributed by atoms with Crippen molar-refractivity contribution in [2.45, 2.75) is 32.2 Å². The minimum atomic E-state index is -0.0156. The van der Waals surface area contributed by atoms with Crippen LogP contribution in [0.5, 0.6) is 0 Å². The molecule has 0 aromatic rings. The number of rotatable bonds is 10. The Labute approximate surface area is 108 Å². The molecule has 0 heterocycles. The van der Waals surface area contributed by atoms with Gasteiger partial charge >= 0.3 is 0 Å². The van der Waals surface area contributed by atoms with E-state index in [1.807, 2.05) is 6.92 Å². The van der Waals surface area contributed by atoms with Gasteiger partial charge < -0.3 is 26.3 Å². The van der Waals surface area contributed by atoms with Crippen molar-refractivity contribution in [2.75, 3.05) is 26.8 Å². The molecule has 0 saturated carbocycles. The van der Waals surface area contributed by atoms with Gasteiger partial charge in [-0.1, -0.05) is 12.1 Å². The third-order valence-corrected chi connectivity index (χ3v) is 2.49. The number of nitrogens with one attached hydrogen (secondary N) is 2. The van der Waals surface area contributed by atoms with Gasteiger partial charge in [0.1, 0.15) is 5.84 Å². The van der Waals surface area contributed by atoms with Gasteiger partial charge in [-0.25, -0.2) is 0 Å². The zero-order valence-corrected chi connectivity index (χ0v) is 11.1. The first-order valence-electron chi connectivity index (χ1n) is 6.09. The van der Waals surface area contributed by atoms with E-state index in [1.165, 1.54) is 0 Å². The number of amidine groups is 1. The van der Waals surface area contributed by atoms with Crippen molar-refractivity contribution in [2.24, 2.45) is 10.9 Å². The van der Waals surface area contributed by atoms with Gasteiger partial charge in [0.15, 0.2) is 0 Å². The fraction of sp³-hybridized carbons (Fsp3) is 0.818. The number of nitrogens with two attached hydrogens (primary N) is 1. The molecule has 0 spiro atoms. The SMILES string of the molecule is CCC(CC(N)=NO)NCCC(=O)NCCOC. The van der Waals surface area contributed by atoms with Crippen LogP contribution < -0.4 is 16.4 Å². The second-order valence-corrected chi connectivity index (χ2v) is 3.95. The fourth-order valence-electron chi connectivity index (χ4n) is 1.42. The molecule has 0 radical (unpaired) electrons. The van der Waals surface area contributed by atoms with E-state index >= 15 is 0 Å². The lowest BCUT2D eigenvalue weighted by molar-refractivity contribution is -0.121. The van der Waals surface area contributed by atoms with Gasteiger partial charge in [0.2, 0.25) is 5.91 Å². The van der Waals surface area contributed by atoms with Crippen molar-refractivity contribution in [3.63, 3.8) is 0 Å². The van der Waals surface area contributed by atoms with E-state index in [2.05, 4.69) is 15.8 Å². The van der Waals surface area contributed by atoms with Crippen molar-refractivity contribution in [3.8, 4) is 0 Å². The van der Waals surface area contributed by atoms with E-state index < -0.39 is 0 Å². The maximum Gasteiger partial charge on any atom is 0.221 e. The minimum absolute atomic E-state index is 0.0156. The summed E-state index contributed by atoms with van der Waals surface area (Å²) in [5.74, 6) is 0.178. The molecule has 5 N–H and O–H groups in total. The van der Waals surface area contributed by atoms with E-state index in [0.29, 0.717) is 32.5 Å². The fourth-order valence-corrected chi connectivity index (χ4v) is 1.42. The monoisotopic (exact) mass is 260 g/mol. The van der Waals surface area contributed by atoms with Crippen LogP contribution in [0.15, 0.2) is 5.16 Å². The summed E-state index contributed by atoms with van der Waals surface area (Å²) < 4.78 is 4.83. The van der Waals surface area contributed by atoms with Crippen LogP contribution >= 0.6 is 0 Å². The second kappa shape index (κ2) is 10.8. The predicted octanol–water partition coefficient (Wildman–Crippen LogP) is -0.356. The predicted molar refractivity (Wildman–Crippen MR) is 69.6 cm³/mol. The van der Waals surface area contributed by atoms with Crippen LogP contribution in [0.3, 0.4) is 0 Å². The summed E-state index contributed by atoms with van der Waals surface area (Å²) in [6, 6.07) is 0.118. The molecular formula is C11H24N4O3. The summed E-state index contributed by atoms with van der Waals surface area (Å²) in [5, 5.41) is 17.3. The number of hydrogen-bond acceptors (Lipinski definition) is 5. The summed E-state index contributed by atoms with van der Waals surface area (Å²) in [6.45, 7) is 3.61. The van der Waals surface area contributed by atoms with Gasteiger partial charge in [-0.15, -0.1) is 0 Å². The molecule has 0 saturated heterocycles. The molecular weight excluding hydrogens is 236 g/mol. The molecule has 0 aromatic carbocycles. The van der Waals surface area contributed by atoms with Crippen LogP contribution in [0.1, 0.15) is 26.2 Å². The highest BCUT2D eigenvalue weighted by Crippen LogP contribution is 1.97. The highest BCUT2D eigenvalue weighted by atomic mass is 16.5. The van der Waals surface area contributed by atoms with E-state index in [4.69, 9.17) is 15.7 Å². The number of amides is 1. The average molecular weight is 260 g/mol. The largest absolute Gasteiger partial charge is 0.409 e. The van der Waals surface area contributed by atoms with Gasteiger partial charge in [-0.3, -0.25) is 4.79 Å². The van der Waals surface area contributed by atoms with Crippen molar-refractivity contribution in [3.05, 3.63) is 0 Å². The van der Waals surface area contributed by atoms with Crippen LogP contribution in [0.25, 0.3) is 0 Å². The normalized spacial score (nSPS) is 13.3. The number of oxime groups is 1.